The van der Waals surface area contributed by atoms with E-state index in [1.54, 1.807) is 0 Å². The molecular weight excluding hydrogens is 506 g/mol. The zero-order chi connectivity index (χ0) is 27.2. The second kappa shape index (κ2) is 12.8. The van der Waals surface area contributed by atoms with Crippen LogP contribution in [-0.4, -0.2) is 47.8 Å². The molecule has 0 radical (unpaired) electrons. The first kappa shape index (κ1) is 27.4. The van der Waals surface area contributed by atoms with E-state index in [0.717, 1.165) is 67.2 Å². The molecule has 6 heteroatoms. The standard InChI is InChI=1S/C33H38ClN3O2/c1-25-8-10-26(11-9-25)22-32(38)36-20-4-18-35(23-27-12-16-30(34)17-13-27)19-5-21-37(33(39)28-14-15-28)31-7-3-2-6-29(31)24-36/h2-3,6-13,16-17,28H,4-5,14-15,18-24H2,1H3. The third-order valence-corrected chi connectivity index (χ3v) is 7.99. The molecule has 0 atom stereocenters. The van der Waals surface area contributed by atoms with Crippen LogP contribution in [0.15, 0.2) is 72.8 Å². The minimum Gasteiger partial charge on any atom is -0.338 e. The van der Waals surface area contributed by atoms with Crippen molar-refractivity contribution in [1.29, 1.82) is 0 Å². The van der Waals surface area contributed by atoms with Gasteiger partial charge < -0.3 is 9.80 Å². The molecular formula is C33H38ClN3O2. The topological polar surface area (TPSA) is 43.9 Å². The molecule has 2 amide bonds. The van der Waals surface area contributed by atoms with Crippen molar-refractivity contribution in [2.45, 2.75) is 52.1 Å². The lowest BCUT2D eigenvalue weighted by atomic mass is 10.1. The average molecular weight is 544 g/mol. The Morgan fingerprint density at radius 1 is 0.821 bits per heavy atom. The van der Waals surface area contributed by atoms with Crippen molar-refractivity contribution in [2.75, 3.05) is 31.1 Å². The number of para-hydroxylation sites is 1. The lowest BCUT2D eigenvalue weighted by Crippen LogP contribution is -2.39. The molecule has 0 unspecified atom stereocenters. The highest BCUT2D eigenvalue weighted by atomic mass is 35.5. The molecule has 3 aromatic rings. The molecule has 1 fully saturated rings. The van der Waals surface area contributed by atoms with E-state index >= 15 is 0 Å². The summed E-state index contributed by atoms with van der Waals surface area (Å²) in [6, 6.07) is 24.4. The van der Waals surface area contributed by atoms with Gasteiger partial charge in [0.1, 0.15) is 0 Å². The first-order valence-corrected chi connectivity index (χ1v) is 14.5. The molecule has 2 aliphatic rings. The van der Waals surface area contributed by atoms with Crippen molar-refractivity contribution in [3.8, 4) is 0 Å². The third kappa shape index (κ3) is 7.49. The fraction of sp³-hybridized carbons (Fsp3) is 0.394. The van der Waals surface area contributed by atoms with Gasteiger partial charge >= 0.3 is 0 Å². The summed E-state index contributed by atoms with van der Waals surface area (Å²) in [7, 11) is 0. The van der Waals surface area contributed by atoms with Crippen molar-refractivity contribution >= 4 is 29.1 Å². The molecule has 1 heterocycles. The molecule has 3 aromatic carbocycles. The quantitative estimate of drug-likeness (QED) is 0.381. The number of fused-ring (bicyclic) bond motifs is 1. The molecule has 0 saturated heterocycles. The van der Waals surface area contributed by atoms with Gasteiger partial charge in [0.05, 0.1) is 6.42 Å². The molecule has 0 bridgehead atoms. The van der Waals surface area contributed by atoms with Gasteiger partial charge in [0.25, 0.3) is 0 Å². The van der Waals surface area contributed by atoms with E-state index in [1.807, 2.05) is 46.2 Å². The van der Waals surface area contributed by atoms with Crippen LogP contribution >= 0.6 is 11.6 Å². The van der Waals surface area contributed by atoms with E-state index in [-0.39, 0.29) is 17.7 Å². The smallest absolute Gasteiger partial charge is 0.230 e. The largest absolute Gasteiger partial charge is 0.338 e. The number of amides is 2. The Hall–Kier alpha value is -3.15. The SMILES string of the molecule is Cc1ccc(CC(=O)N2CCCN(Cc3ccc(Cl)cc3)CCCN(C(=O)C3CC3)c3ccccc3C2)cc1. The normalized spacial score (nSPS) is 17.2. The summed E-state index contributed by atoms with van der Waals surface area (Å²) in [5.41, 5.74) is 5.43. The van der Waals surface area contributed by atoms with Gasteiger partial charge in [-0.25, -0.2) is 0 Å². The van der Waals surface area contributed by atoms with E-state index in [0.29, 0.717) is 26.1 Å². The zero-order valence-corrected chi connectivity index (χ0v) is 23.6. The Morgan fingerprint density at radius 3 is 2.21 bits per heavy atom. The van der Waals surface area contributed by atoms with Crippen molar-refractivity contribution in [1.82, 2.24) is 9.80 Å². The fourth-order valence-corrected chi connectivity index (χ4v) is 5.48. The van der Waals surface area contributed by atoms with Gasteiger partial charge in [-0.2, -0.15) is 0 Å². The maximum atomic E-state index is 13.6. The summed E-state index contributed by atoms with van der Waals surface area (Å²) in [6.07, 6.45) is 4.11. The van der Waals surface area contributed by atoms with Crippen molar-refractivity contribution in [2.24, 2.45) is 5.92 Å². The van der Waals surface area contributed by atoms with Gasteiger partial charge in [-0.05, 0) is 67.5 Å². The molecule has 0 N–H and O–H groups in total. The number of benzene rings is 3. The predicted molar refractivity (Wildman–Crippen MR) is 158 cm³/mol. The van der Waals surface area contributed by atoms with Crippen LogP contribution in [0.5, 0.6) is 0 Å². The number of aryl methyl sites for hydroxylation is 1. The monoisotopic (exact) mass is 543 g/mol. The predicted octanol–water partition coefficient (Wildman–Crippen LogP) is 6.26. The number of nitrogens with zero attached hydrogens (tertiary/aromatic N) is 3. The summed E-state index contributed by atoms with van der Waals surface area (Å²) in [5.74, 6) is 0.478. The fourth-order valence-electron chi connectivity index (χ4n) is 5.35. The van der Waals surface area contributed by atoms with Gasteiger partial charge in [0.15, 0.2) is 0 Å². The van der Waals surface area contributed by atoms with Crippen molar-refractivity contribution < 1.29 is 9.59 Å². The number of carbonyl (C=O) groups excluding carboxylic acids is 2. The number of halogens is 1. The second-order valence-corrected chi connectivity index (χ2v) is 11.4. The van der Waals surface area contributed by atoms with Crippen LogP contribution in [0.4, 0.5) is 5.69 Å². The van der Waals surface area contributed by atoms with Crippen molar-refractivity contribution in [3.63, 3.8) is 0 Å². The van der Waals surface area contributed by atoms with E-state index in [9.17, 15) is 9.59 Å². The lowest BCUT2D eigenvalue weighted by Gasteiger charge is -2.32. The van der Waals surface area contributed by atoms with Gasteiger partial charge in [-0.1, -0.05) is 71.8 Å². The number of hydrogen-bond acceptors (Lipinski definition) is 3. The number of anilines is 1. The van der Waals surface area contributed by atoms with E-state index in [4.69, 9.17) is 11.6 Å². The Morgan fingerprint density at radius 2 is 1.49 bits per heavy atom. The summed E-state index contributed by atoms with van der Waals surface area (Å²) >= 11 is 6.12. The van der Waals surface area contributed by atoms with Gasteiger partial charge in [-0.15, -0.1) is 0 Å². The lowest BCUT2D eigenvalue weighted by molar-refractivity contribution is -0.131. The zero-order valence-electron chi connectivity index (χ0n) is 22.8. The highest BCUT2D eigenvalue weighted by Gasteiger charge is 2.35. The maximum Gasteiger partial charge on any atom is 0.230 e. The van der Waals surface area contributed by atoms with Crippen LogP contribution < -0.4 is 4.90 Å². The van der Waals surface area contributed by atoms with Crippen LogP contribution in [0, 0.1) is 12.8 Å². The number of hydrogen-bond donors (Lipinski definition) is 0. The minimum atomic E-state index is 0.120. The molecule has 5 rings (SSSR count). The summed E-state index contributed by atoms with van der Waals surface area (Å²) in [6.45, 7) is 6.51. The first-order chi connectivity index (χ1) is 19.0. The van der Waals surface area contributed by atoms with Gasteiger partial charge in [-0.3, -0.25) is 14.5 Å². The Bertz CT molecular complexity index is 1270. The molecule has 1 aliphatic heterocycles. The first-order valence-electron chi connectivity index (χ1n) is 14.2. The Balaban J connectivity index is 1.40. The minimum absolute atomic E-state index is 0.120. The maximum absolute atomic E-state index is 13.6. The number of rotatable bonds is 5. The third-order valence-electron chi connectivity index (χ3n) is 7.74. The van der Waals surface area contributed by atoms with E-state index < -0.39 is 0 Å². The Kier molecular flexibility index (Phi) is 9.00. The number of carbonyl (C=O) groups is 2. The highest BCUT2D eigenvalue weighted by molar-refractivity contribution is 6.30. The average Bonchev–Trinajstić information content (AvgIpc) is 3.78. The summed E-state index contributed by atoms with van der Waals surface area (Å²) in [4.78, 5) is 33.5. The second-order valence-electron chi connectivity index (χ2n) is 11.0. The molecule has 1 saturated carbocycles. The highest BCUT2D eigenvalue weighted by Crippen LogP contribution is 2.34. The van der Waals surface area contributed by atoms with Crippen LogP contribution in [0.2, 0.25) is 5.02 Å². The van der Waals surface area contributed by atoms with Crippen LogP contribution in [0.25, 0.3) is 0 Å². The van der Waals surface area contributed by atoms with Gasteiger partial charge in [0, 0.05) is 55.9 Å². The summed E-state index contributed by atoms with van der Waals surface area (Å²) < 4.78 is 0. The molecule has 204 valence electrons. The van der Waals surface area contributed by atoms with Crippen LogP contribution in [0.3, 0.4) is 0 Å². The van der Waals surface area contributed by atoms with Gasteiger partial charge in [0.2, 0.25) is 11.8 Å². The summed E-state index contributed by atoms with van der Waals surface area (Å²) in [5, 5.41) is 0.739. The Labute approximate surface area is 237 Å². The van der Waals surface area contributed by atoms with E-state index in [1.165, 1.54) is 11.1 Å². The molecule has 0 aromatic heterocycles. The van der Waals surface area contributed by atoms with Crippen LogP contribution in [0.1, 0.15) is 47.9 Å². The molecule has 0 spiro atoms. The van der Waals surface area contributed by atoms with Crippen molar-refractivity contribution in [3.05, 3.63) is 100 Å². The molecule has 39 heavy (non-hydrogen) atoms. The molecule has 5 nitrogen and oxygen atoms in total. The van der Waals surface area contributed by atoms with E-state index in [2.05, 4.69) is 48.2 Å². The molecule has 1 aliphatic carbocycles. The van der Waals surface area contributed by atoms with Crippen LogP contribution in [-0.2, 0) is 29.1 Å².